The van der Waals surface area contributed by atoms with Crippen LogP contribution in [0.25, 0.3) is 0 Å². The van der Waals surface area contributed by atoms with E-state index >= 15 is 0 Å². The monoisotopic (exact) mass is 254 g/mol. The Morgan fingerprint density at radius 2 is 1.95 bits per heavy atom. The Morgan fingerprint density at radius 1 is 1.21 bits per heavy atom. The minimum absolute atomic E-state index is 0.235. The molecule has 0 bridgehead atoms. The quantitative estimate of drug-likeness (QED) is 0.880. The molecule has 4 nitrogen and oxygen atoms in total. The molecule has 0 aliphatic carbocycles. The summed E-state index contributed by atoms with van der Waals surface area (Å²) in [5.41, 5.74) is 2.23. The van der Waals surface area contributed by atoms with Crippen molar-refractivity contribution in [1.29, 1.82) is 5.26 Å². The number of aromatic hydroxyl groups is 1. The molecular weight excluding hydrogens is 240 g/mol. The number of hydrogen-bond acceptors (Lipinski definition) is 4. The van der Waals surface area contributed by atoms with Crippen LogP contribution in [-0.2, 0) is 6.54 Å². The van der Waals surface area contributed by atoms with Crippen LogP contribution in [0.4, 0.5) is 5.69 Å². The third kappa shape index (κ3) is 2.96. The summed E-state index contributed by atoms with van der Waals surface area (Å²) < 4.78 is 5.24. The molecule has 4 heteroatoms. The highest BCUT2D eigenvalue weighted by Crippen LogP contribution is 2.28. The van der Waals surface area contributed by atoms with Crippen LogP contribution in [0, 0.1) is 11.3 Å². The first-order valence-electron chi connectivity index (χ1n) is 5.83. The van der Waals surface area contributed by atoms with E-state index in [1.54, 1.807) is 37.4 Å². The Kier molecular flexibility index (Phi) is 3.89. The van der Waals surface area contributed by atoms with Gasteiger partial charge in [0, 0.05) is 6.54 Å². The first-order chi connectivity index (χ1) is 9.24. The number of nitrogens with one attached hydrogen (secondary N) is 1. The van der Waals surface area contributed by atoms with Crippen LogP contribution >= 0.6 is 0 Å². The molecule has 0 amide bonds. The standard InChI is InChI=1S/C15H14N2O2/c1-19-14-4-2-3-12(9-16)15(14)17-10-11-5-7-13(18)8-6-11/h2-8,17-18H,10H2,1H3. The molecule has 0 aliphatic heterocycles. The molecule has 19 heavy (non-hydrogen) atoms. The summed E-state index contributed by atoms with van der Waals surface area (Å²) in [6, 6.07) is 14.4. The van der Waals surface area contributed by atoms with Crippen LogP contribution in [0.15, 0.2) is 42.5 Å². The number of hydrogen-bond donors (Lipinski definition) is 2. The van der Waals surface area contributed by atoms with E-state index in [2.05, 4.69) is 11.4 Å². The fraction of sp³-hybridized carbons (Fsp3) is 0.133. The van der Waals surface area contributed by atoms with Crippen LogP contribution in [0.2, 0.25) is 0 Å². The number of anilines is 1. The molecule has 2 rings (SSSR count). The first kappa shape index (κ1) is 12.8. The van der Waals surface area contributed by atoms with Crippen molar-refractivity contribution in [2.75, 3.05) is 12.4 Å². The number of para-hydroxylation sites is 1. The molecule has 0 spiro atoms. The van der Waals surface area contributed by atoms with Gasteiger partial charge < -0.3 is 15.2 Å². The zero-order valence-corrected chi connectivity index (χ0v) is 10.6. The van der Waals surface area contributed by atoms with E-state index in [0.29, 0.717) is 23.5 Å². The molecule has 0 aromatic heterocycles. The number of methoxy groups -OCH3 is 1. The highest BCUT2D eigenvalue weighted by molar-refractivity contribution is 5.66. The van der Waals surface area contributed by atoms with Crippen molar-refractivity contribution >= 4 is 5.69 Å². The highest BCUT2D eigenvalue weighted by Gasteiger charge is 2.08. The van der Waals surface area contributed by atoms with Gasteiger partial charge in [0.05, 0.1) is 18.4 Å². The summed E-state index contributed by atoms with van der Waals surface area (Å²) in [7, 11) is 1.57. The molecule has 96 valence electrons. The molecule has 2 aromatic rings. The minimum atomic E-state index is 0.235. The van der Waals surface area contributed by atoms with Crippen molar-refractivity contribution in [3.8, 4) is 17.6 Å². The minimum Gasteiger partial charge on any atom is -0.508 e. The third-order valence-electron chi connectivity index (χ3n) is 2.77. The van der Waals surface area contributed by atoms with E-state index in [0.717, 1.165) is 5.56 Å². The highest BCUT2D eigenvalue weighted by atomic mass is 16.5. The summed E-state index contributed by atoms with van der Waals surface area (Å²) in [6.07, 6.45) is 0. The number of ether oxygens (including phenoxy) is 1. The Hall–Kier alpha value is -2.67. The van der Waals surface area contributed by atoms with Crippen molar-refractivity contribution in [2.45, 2.75) is 6.54 Å². The molecule has 0 fully saturated rings. The number of rotatable bonds is 4. The van der Waals surface area contributed by atoms with Gasteiger partial charge in [-0.25, -0.2) is 0 Å². The zero-order valence-electron chi connectivity index (χ0n) is 10.6. The lowest BCUT2D eigenvalue weighted by atomic mass is 10.1. The molecule has 2 aromatic carbocycles. The van der Waals surface area contributed by atoms with Gasteiger partial charge in [0.2, 0.25) is 0 Å². The summed E-state index contributed by atoms with van der Waals surface area (Å²) in [6.45, 7) is 0.551. The predicted molar refractivity (Wildman–Crippen MR) is 73.1 cm³/mol. The molecule has 0 saturated heterocycles. The van der Waals surface area contributed by atoms with Crippen molar-refractivity contribution < 1.29 is 9.84 Å². The molecule has 0 radical (unpaired) electrons. The van der Waals surface area contributed by atoms with Gasteiger partial charge in [-0.05, 0) is 29.8 Å². The smallest absolute Gasteiger partial charge is 0.143 e. The van der Waals surface area contributed by atoms with E-state index in [1.165, 1.54) is 0 Å². The molecule has 0 saturated carbocycles. The zero-order chi connectivity index (χ0) is 13.7. The van der Waals surface area contributed by atoms with Crippen LogP contribution in [0.5, 0.6) is 11.5 Å². The molecule has 0 aliphatic rings. The normalized spacial score (nSPS) is 9.68. The number of phenols is 1. The van der Waals surface area contributed by atoms with Gasteiger partial charge in [0.15, 0.2) is 0 Å². The largest absolute Gasteiger partial charge is 0.508 e. The Balaban J connectivity index is 2.19. The van der Waals surface area contributed by atoms with Crippen LogP contribution in [0.3, 0.4) is 0 Å². The van der Waals surface area contributed by atoms with E-state index < -0.39 is 0 Å². The van der Waals surface area contributed by atoms with Gasteiger partial charge >= 0.3 is 0 Å². The first-order valence-corrected chi connectivity index (χ1v) is 5.83. The summed E-state index contributed by atoms with van der Waals surface area (Å²) in [4.78, 5) is 0. The van der Waals surface area contributed by atoms with Gasteiger partial charge in [-0.1, -0.05) is 18.2 Å². The van der Waals surface area contributed by atoms with Gasteiger partial charge in [-0.15, -0.1) is 0 Å². The summed E-state index contributed by atoms with van der Waals surface area (Å²) in [5, 5.41) is 21.5. The Bertz CT molecular complexity index is 601. The average Bonchev–Trinajstić information content (AvgIpc) is 2.46. The van der Waals surface area contributed by atoms with Gasteiger partial charge in [0.1, 0.15) is 17.6 Å². The third-order valence-corrected chi connectivity index (χ3v) is 2.77. The number of nitrogens with zero attached hydrogens (tertiary/aromatic N) is 1. The number of benzene rings is 2. The van der Waals surface area contributed by atoms with Crippen LogP contribution < -0.4 is 10.1 Å². The van der Waals surface area contributed by atoms with E-state index in [1.807, 2.05) is 12.1 Å². The predicted octanol–water partition coefficient (Wildman–Crippen LogP) is 2.88. The van der Waals surface area contributed by atoms with Crippen molar-refractivity contribution in [3.05, 3.63) is 53.6 Å². The van der Waals surface area contributed by atoms with Crippen LogP contribution in [-0.4, -0.2) is 12.2 Å². The molecular formula is C15H14N2O2. The number of nitriles is 1. The molecule has 2 N–H and O–H groups in total. The molecule has 0 unspecified atom stereocenters. The fourth-order valence-corrected chi connectivity index (χ4v) is 1.78. The second kappa shape index (κ2) is 5.78. The Labute approximate surface area is 111 Å². The van der Waals surface area contributed by atoms with Crippen molar-refractivity contribution in [2.24, 2.45) is 0 Å². The van der Waals surface area contributed by atoms with E-state index in [9.17, 15) is 5.11 Å². The van der Waals surface area contributed by atoms with Gasteiger partial charge in [-0.3, -0.25) is 0 Å². The second-order valence-electron chi connectivity index (χ2n) is 4.01. The van der Waals surface area contributed by atoms with Crippen LogP contribution in [0.1, 0.15) is 11.1 Å². The van der Waals surface area contributed by atoms with Crippen molar-refractivity contribution in [3.63, 3.8) is 0 Å². The fourth-order valence-electron chi connectivity index (χ4n) is 1.78. The lowest BCUT2D eigenvalue weighted by Crippen LogP contribution is -2.03. The maximum absolute atomic E-state index is 9.22. The topological polar surface area (TPSA) is 65.3 Å². The molecule has 0 atom stereocenters. The van der Waals surface area contributed by atoms with E-state index in [-0.39, 0.29) is 5.75 Å². The van der Waals surface area contributed by atoms with Gasteiger partial charge in [0.25, 0.3) is 0 Å². The maximum atomic E-state index is 9.22. The molecule has 0 heterocycles. The second-order valence-corrected chi connectivity index (χ2v) is 4.01. The lowest BCUT2D eigenvalue weighted by Gasteiger charge is -2.12. The lowest BCUT2D eigenvalue weighted by molar-refractivity contribution is 0.416. The van der Waals surface area contributed by atoms with Gasteiger partial charge in [-0.2, -0.15) is 5.26 Å². The Morgan fingerprint density at radius 3 is 2.58 bits per heavy atom. The number of phenolic OH excluding ortho intramolecular Hbond substituents is 1. The summed E-state index contributed by atoms with van der Waals surface area (Å²) in [5.74, 6) is 0.872. The average molecular weight is 254 g/mol. The van der Waals surface area contributed by atoms with E-state index in [4.69, 9.17) is 10.00 Å². The maximum Gasteiger partial charge on any atom is 0.143 e. The summed E-state index contributed by atoms with van der Waals surface area (Å²) >= 11 is 0. The SMILES string of the molecule is COc1cccc(C#N)c1NCc1ccc(O)cc1. The van der Waals surface area contributed by atoms with Crippen molar-refractivity contribution in [1.82, 2.24) is 0 Å².